The van der Waals surface area contributed by atoms with E-state index in [1.807, 2.05) is 0 Å². The molecule has 1 amide bonds. The number of carbonyl (C=O) groups excluding carboxylic acids is 2. The Morgan fingerprint density at radius 2 is 2.05 bits per heavy atom. The lowest BCUT2D eigenvalue weighted by molar-refractivity contribution is 0.0795. The van der Waals surface area contributed by atoms with Crippen molar-refractivity contribution in [3.8, 4) is 5.75 Å². The Bertz CT molecular complexity index is 703. The molecule has 0 bridgehead atoms. The highest BCUT2D eigenvalue weighted by atomic mass is 16.5. The molecule has 1 aromatic heterocycles. The van der Waals surface area contributed by atoms with Gasteiger partial charge in [-0.3, -0.25) is 14.2 Å². The minimum absolute atomic E-state index is 0.0771. The molecule has 2 rings (SSSR count). The van der Waals surface area contributed by atoms with Crippen LogP contribution in [0.25, 0.3) is 10.9 Å². The lowest BCUT2D eigenvalue weighted by atomic mass is 10.1. The second kappa shape index (κ2) is 6.64. The molecular weight excluding hydrogens is 280 g/mol. The summed E-state index contributed by atoms with van der Waals surface area (Å²) in [5.74, 6) is 0.469. The summed E-state index contributed by atoms with van der Waals surface area (Å²) in [6.45, 7) is 4.27. The monoisotopic (exact) mass is 302 g/mol. The van der Waals surface area contributed by atoms with Gasteiger partial charge in [0.25, 0.3) is 5.91 Å². The molecule has 1 aromatic carbocycles. The van der Waals surface area contributed by atoms with Crippen molar-refractivity contribution in [2.45, 2.75) is 26.7 Å². The number of hydrogen-bond acceptors (Lipinski definition) is 3. The Balaban J connectivity index is 2.52. The van der Waals surface area contributed by atoms with Crippen molar-refractivity contribution in [1.29, 1.82) is 0 Å². The highest BCUT2D eigenvalue weighted by Gasteiger charge is 2.20. The second-order valence-corrected chi connectivity index (χ2v) is 5.40. The first-order valence-electron chi connectivity index (χ1n) is 7.45. The Labute approximate surface area is 130 Å². The molecule has 0 aliphatic carbocycles. The van der Waals surface area contributed by atoms with Crippen LogP contribution in [0.5, 0.6) is 5.75 Å². The summed E-state index contributed by atoms with van der Waals surface area (Å²) < 4.78 is 6.74. The molecule has 5 nitrogen and oxygen atoms in total. The summed E-state index contributed by atoms with van der Waals surface area (Å²) >= 11 is 0. The van der Waals surface area contributed by atoms with E-state index in [1.54, 1.807) is 43.5 Å². The first-order chi connectivity index (χ1) is 10.5. The van der Waals surface area contributed by atoms with Crippen molar-refractivity contribution in [2.75, 3.05) is 20.7 Å². The molecule has 22 heavy (non-hydrogen) atoms. The maximum absolute atomic E-state index is 12.7. The molecule has 0 spiro atoms. The number of unbranched alkanes of at least 4 members (excludes halogenated alkanes) is 1. The van der Waals surface area contributed by atoms with Crippen molar-refractivity contribution >= 4 is 22.7 Å². The summed E-state index contributed by atoms with van der Waals surface area (Å²) in [5.41, 5.74) is 1.25. The number of benzene rings is 1. The average molecular weight is 302 g/mol. The number of fused-ring (bicyclic) bond motifs is 1. The topological polar surface area (TPSA) is 51.5 Å². The Kier molecular flexibility index (Phi) is 4.85. The van der Waals surface area contributed by atoms with E-state index in [0.717, 1.165) is 23.7 Å². The number of carbonyl (C=O) groups is 2. The molecule has 0 unspecified atom stereocenters. The molecule has 0 fully saturated rings. The van der Waals surface area contributed by atoms with E-state index in [4.69, 9.17) is 4.74 Å². The van der Waals surface area contributed by atoms with Gasteiger partial charge < -0.3 is 9.64 Å². The molecule has 1 heterocycles. The summed E-state index contributed by atoms with van der Waals surface area (Å²) in [7, 11) is 3.37. The third-order valence-corrected chi connectivity index (χ3v) is 3.78. The number of ether oxygens (including phenoxy) is 1. The fraction of sp³-hybridized carbons (Fsp3) is 0.412. The van der Waals surface area contributed by atoms with Gasteiger partial charge in [0, 0.05) is 32.1 Å². The fourth-order valence-corrected chi connectivity index (χ4v) is 2.47. The van der Waals surface area contributed by atoms with E-state index >= 15 is 0 Å². The SMILES string of the molecule is CCCCN(C)C(=O)c1cn(C(C)=O)c2ccc(OC)cc12. The molecular formula is C17H22N2O3. The predicted octanol–water partition coefficient (Wildman–Crippen LogP) is 3.18. The van der Waals surface area contributed by atoms with Gasteiger partial charge in [0.05, 0.1) is 18.2 Å². The number of aromatic nitrogens is 1. The molecule has 0 N–H and O–H groups in total. The van der Waals surface area contributed by atoms with Gasteiger partial charge in [-0.25, -0.2) is 0 Å². The average Bonchev–Trinajstić information content (AvgIpc) is 2.90. The Morgan fingerprint density at radius 1 is 1.32 bits per heavy atom. The Hall–Kier alpha value is -2.30. The zero-order chi connectivity index (χ0) is 16.3. The smallest absolute Gasteiger partial charge is 0.255 e. The van der Waals surface area contributed by atoms with Crippen molar-refractivity contribution in [3.63, 3.8) is 0 Å². The zero-order valence-corrected chi connectivity index (χ0v) is 13.5. The highest BCUT2D eigenvalue weighted by Crippen LogP contribution is 2.27. The fourth-order valence-electron chi connectivity index (χ4n) is 2.47. The van der Waals surface area contributed by atoms with Crippen LogP contribution >= 0.6 is 0 Å². The van der Waals surface area contributed by atoms with Crippen LogP contribution in [0.4, 0.5) is 0 Å². The van der Waals surface area contributed by atoms with Crippen LogP contribution in [0.3, 0.4) is 0 Å². The highest BCUT2D eigenvalue weighted by molar-refractivity contribution is 6.09. The van der Waals surface area contributed by atoms with Gasteiger partial charge in [0.1, 0.15) is 5.75 Å². The molecule has 0 radical (unpaired) electrons. The van der Waals surface area contributed by atoms with E-state index in [0.29, 0.717) is 17.9 Å². The van der Waals surface area contributed by atoms with E-state index < -0.39 is 0 Å². The van der Waals surface area contributed by atoms with Gasteiger partial charge in [0.2, 0.25) is 5.91 Å². The Morgan fingerprint density at radius 3 is 2.64 bits per heavy atom. The molecule has 5 heteroatoms. The summed E-state index contributed by atoms with van der Waals surface area (Å²) in [6.07, 6.45) is 3.61. The molecule has 0 saturated heterocycles. The minimum atomic E-state index is -0.120. The van der Waals surface area contributed by atoms with Crippen LogP contribution in [-0.2, 0) is 0 Å². The lowest BCUT2D eigenvalue weighted by Gasteiger charge is -2.16. The normalized spacial score (nSPS) is 10.7. The largest absolute Gasteiger partial charge is 0.497 e. The maximum Gasteiger partial charge on any atom is 0.255 e. The number of methoxy groups -OCH3 is 1. The third kappa shape index (κ3) is 2.98. The van der Waals surface area contributed by atoms with Crippen LogP contribution in [0.15, 0.2) is 24.4 Å². The maximum atomic E-state index is 12.7. The van der Waals surface area contributed by atoms with E-state index in [9.17, 15) is 9.59 Å². The van der Waals surface area contributed by atoms with Crippen LogP contribution in [0.2, 0.25) is 0 Å². The van der Waals surface area contributed by atoms with Crippen molar-refractivity contribution in [1.82, 2.24) is 9.47 Å². The van der Waals surface area contributed by atoms with E-state index in [1.165, 1.54) is 11.5 Å². The van der Waals surface area contributed by atoms with Crippen LogP contribution < -0.4 is 4.74 Å². The number of nitrogens with zero attached hydrogens (tertiary/aromatic N) is 2. The summed E-state index contributed by atoms with van der Waals surface area (Å²) in [5, 5.41) is 0.739. The van der Waals surface area contributed by atoms with Gasteiger partial charge in [-0.05, 0) is 24.6 Å². The number of hydrogen-bond donors (Lipinski definition) is 0. The van der Waals surface area contributed by atoms with Gasteiger partial charge in [-0.2, -0.15) is 0 Å². The van der Waals surface area contributed by atoms with Gasteiger partial charge >= 0.3 is 0 Å². The molecule has 2 aromatic rings. The van der Waals surface area contributed by atoms with Crippen LogP contribution in [0.1, 0.15) is 41.8 Å². The second-order valence-electron chi connectivity index (χ2n) is 5.40. The number of amides is 1. The lowest BCUT2D eigenvalue weighted by Crippen LogP contribution is -2.27. The number of rotatable bonds is 5. The third-order valence-electron chi connectivity index (χ3n) is 3.78. The molecule has 0 atom stereocenters. The van der Waals surface area contributed by atoms with Crippen LogP contribution in [-0.4, -0.2) is 42.0 Å². The molecule has 0 aliphatic heterocycles. The minimum Gasteiger partial charge on any atom is -0.497 e. The first-order valence-corrected chi connectivity index (χ1v) is 7.45. The predicted molar refractivity (Wildman–Crippen MR) is 86.7 cm³/mol. The summed E-state index contributed by atoms with van der Waals surface area (Å²) in [6, 6.07) is 5.39. The first kappa shape index (κ1) is 16.1. The van der Waals surface area contributed by atoms with Gasteiger partial charge in [-0.15, -0.1) is 0 Å². The van der Waals surface area contributed by atoms with Crippen molar-refractivity contribution in [3.05, 3.63) is 30.0 Å². The summed E-state index contributed by atoms with van der Waals surface area (Å²) in [4.78, 5) is 26.2. The van der Waals surface area contributed by atoms with E-state index in [2.05, 4.69) is 6.92 Å². The van der Waals surface area contributed by atoms with Gasteiger partial charge in [-0.1, -0.05) is 13.3 Å². The standard InChI is InChI=1S/C17H22N2O3/c1-5-6-9-18(3)17(21)15-11-19(12(2)20)16-8-7-13(22-4)10-14(15)16/h7-8,10-11H,5-6,9H2,1-4H3. The molecule has 0 aliphatic rings. The molecule has 118 valence electrons. The van der Waals surface area contributed by atoms with E-state index in [-0.39, 0.29) is 11.8 Å². The zero-order valence-electron chi connectivity index (χ0n) is 13.5. The van der Waals surface area contributed by atoms with Gasteiger partial charge in [0.15, 0.2) is 0 Å². The van der Waals surface area contributed by atoms with Crippen LogP contribution in [0, 0.1) is 0 Å². The quantitative estimate of drug-likeness (QED) is 0.852. The molecule has 0 saturated carbocycles. The van der Waals surface area contributed by atoms with Crippen molar-refractivity contribution in [2.24, 2.45) is 0 Å². The van der Waals surface area contributed by atoms with Crippen molar-refractivity contribution < 1.29 is 14.3 Å².